The van der Waals surface area contributed by atoms with Crippen LogP contribution in [0.25, 0.3) is 17.0 Å². The highest BCUT2D eigenvalue weighted by Crippen LogP contribution is 2.43. The molecule has 0 saturated carbocycles. The number of carbonyl (C=O) groups excluding carboxylic acids is 1. The van der Waals surface area contributed by atoms with E-state index in [4.69, 9.17) is 0 Å². The van der Waals surface area contributed by atoms with Crippen LogP contribution in [-0.2, 0) is 4.79 Å². The molecule has 0 bridgehead atoms. The first kappa shape index (κ1) is 15.8. The normalized spacial score (nSPS) is 16.7. The van der Waals surface area contributed by atoms with Gasteiger partial charge >= 0.3 is 0 Å². The molecule has 4 aromatic rings. The Morgan fingerprint density at radius 2 is 2.12 bits per heavy atom. The minimum atomic E-state index is -0.00992. The average molecular weight is 428 g/mol. The van der Waals surface area contributed by atoms with Crippen LogP contribution in [0.15, 0.2) is 40.2 Å². The second-order valence-electron chi connectivity index (χ2n) is 6.28. The Morgan fingerprint density at radius 1 is 1.27 bits per heavy atom. The minimum absolute atomic E-state index is 0.00757. The molecule has 8 heteroatoms. The van der Waals surface area contributed by atoms with Crippen molar-refractivity contribution in [3.8, 4) is 5.95 Å². The number of hydrogen-bond donors (Lipinski definition) is 2. The third kappa shape index (κ3) is 2.40. The van der Waals surface area contributed by atoms with Crippen LogP contribution in [-0.4, -0.2) is 25.7 Å². The number of benzene rings is 1. The van der Waals surface area contributed by atoms with Crippen LogP contribution >= 0.6 is 27.3 Å². The maximum absolute atomic E-state index is 12.4. The molecule has 3 aromatic heterocycles. The Bertz CT molecular complexity index is 1120. The van der Waals surface area contributed by atoms with E-state index in [0.29, 0.717) is 18.2 Å². The highest BCUT2D eigenvalue weighted by Gasteiger charge is 2.33. The summed E-state index contributed by atoms with van der Waals surface area (Å²) in [6.07, 6.45) is 0.423. The fourth-order valence-electron chi connectivity index (χ4n) is 3.50. The van der Waals surface area contributed by atoms with Crippen LogP contribution in [0, 0.1) is 6.92 Å². The Morgan fingerprint density at radius 3 is 2.88 bits per heavy atom. The number of para-hydroxylation sites is 2. The first-order chi connectivity index (χ1) is 12.6. The number of aromatic amines is 1. The van der Waals surface area contributed by atoms with Gasteiger partial charge in [0.25, 0.3) is 0 Å². The Balaban J connectivity index is 1.69. The molecule has 0 spiro atoms. The molecule has 1 aliphatic heterocycles. The topological polar surface area (TPSA) is 75.6 Å². The van der Waals surface area contributed by atoms with E-state index in [9.17, 15) is 4.79 Å². The van der Waals surface area contributed by atoms with Gasteiger partial charge in [-0.15, -0.1) is 11.3 Å². The molecule has 5 rings (SSSR count). The number of H-pyrrole nitrogens is 1. The van der Waals surface area contributed by atoms with Gasteiger partial charge < -0.3 is 10.3 Å². The zero-order valence-electron chi connectivity index (χ0n) is 13.8. The molecule has 4 heterocycles. The summed E-state index contributed by atoms with van der Waals surface area (Å²) in [5, 5.41) is 7.67. The molecule has 0 saturated heterocycles. The van der Waals surface area contributed by atoms with Crippen molar-refractivity contribution < 1.29 is 4.79 Å². The quantitative estimate of drug-likeness (QED) is 0.498. The lowest BCUT2D eigenvalue weighted by Gasteiger charge is -2.22. The highest BCUT2D eigenvalue weighted by atomic mass is 79.9. The number of nitrogens with one attached hydrogen (secondary N) is 2. The molecule has 0 aliphatic carbocycles. The fraction of sp³-hybridized carbons (Fsp3) is 0.167. The molecule has 0 radical (unpaired) electrons. The Kier molecular flexibility index (Phi) is 3.51. The van der Waals surface area contributed by atoms with E-state index in [-0.39, 0.29) is 11.8 Å². The van der Waals surface area contributed by atoms with Crippen LogP contribution in [0.3, 0.4) is 0 Å². The average Bonchev–Trinajstić information content (AvgIpc) is 3.31. The largest absolute Gasteiger partial charge is 0.322 e. The number of hydrogen-bond acceptors (Lipinski definition) is 4. The number of aromatic nitrogens is 4. The molecular weight excluding hydrogens is 414 g/mol. The molecular formula is C18H14BrN5OS. The maximum Gasteiger partial charge on any atom is 0.231 e. The number of imidazole rings is 1. The lowest BCUT2D eigenvalue weighted by atomic mass is 9.91. The van der Waals surface area contributed by atoms with Crippen LogP contribution in [0.1, 0.15) is 28.5 Å². The van der Waals surface area contributed by atoms with E-state index in [1.54, 1.807) is 16.0 Å². The second-order valence-corrected chi connectivity index (χ2v) is 8.78. The summed E-state index contributed by atoms with van der Waals surface area (Å²) in [5.74, 6) is 1.30. The molecule has 1 atom stereocenters. The van der Waals surface area contributed by atoms with E-state index >= 15 is 0 Å². The van der Waals surface area contributed by atoms with Gasteiger partial charge in [0, 0.05) is 22.8 Å². The number of halogens is 1. The van der Waals surface area contributed by atoms with Crippen molar-refractivity contribution >= 4 is 50.0 Å². The third-order valence-electron chi connectivity index (χ3n) is 4.62. The molecule has 0 unspecified atom stereocenters. The van der Waals surface area contributed by atoms with E-state index in [2.05, 4.69) is 42.4 Å². The highest BCUT2D eigenvalue weighted by molar-refractivity contribution is 9.11. The van der Waals surface area contributed by atoms with Crippen molar-refractivity contribution in [1.29, 1.82) is 0 Å². The first-order valence-corrected chi connectivity index (χ1v) is 9.81. The van der Waals surface area contributed by atoms with E-state index in [1.165, 1.54) is 0 Å². The predicted molar refractivity (Wildman–Crippen MR) is 105 cm³/mol. The van der Waals surface area contributed by atoms with E-state index in [1.807, 2.05) is 37.3 Å². The second kappa shape index (κ2) is 5.78. The lowest BCUT2D eigenvalue weighted by Crippen LogP contribution is -2.24. The molecule has 6 nitrogen and oxygen atoms in total. The number of nitrogens with zero attached hydrogens (tertiary/aromatic N) is 3. The summed E-state index contributed by atoms with van der Waals surface area (Å²) in [5.41, 5.74) is 3.75. The molecule has 2 N–H and O–H groups in total. The fourth-order valence-corrected chi connectivity index (χ4v) is 5.03. The van der Waals surface area contributed by atoms with Gasteiger partial charge in [-0.25, -0.2) is 4.98 Å². The van der Waals surface area contributed by atoms with Crippen LogP contribution in [0.2, 0.25) is 0 Å². The Labute approximate surface area is 161 Å². The number of carbonyl (C=O) groups is 1. The van der Waals surface area contributed by atoms with Crippen molar-refractivity contribution in [1.82, 2.24) is 19.7 Å². The predicted octanol–water partition coefficient (Wildman–Crippen LogP) is 4.36. The van der Waals surface area contributed by atoms with Gasteiger partial charge in [0.05, 0.1) is 20.5 Å². The number of amides is 1. The van der Waals surface area contributed by atoms with Gasteiger partial charge in [-0.3, -0.25) is 4.79 Å². The van der Waals surface area contributed by atoms with Gasteiger partial charge in [0.2, 0.25) is 11.9 Å². The Hall–Kier alpha value is -2.45. The van der Waals surface area contributed by atoms with Crippen molar-refractivity contribution in [3.63, 3.8) is 0 Å². The molecule has 1 aromatic carbocycles. The van der Waals surface area contributed by atoms with Crippen molar-refractivity contribution in [3.05, 3.63) is 56.3 Å². The van der Waals surface area contributed by atoms with Gasteiger partial charge in [0.1, 0.15) is 5.82 Å². The molecule has 1 amide bonds. The van der Waals surface area contributed by atoms with Gasteiger partial charge in [-0.1, -0.05) is 12.1 Å². The third-order valence-corrected chi connectivity index (χ3v) is 6.35. The van der Waals surface area contributed by atoms with Gasteiger partial charge in [-0.05, 0) is 47.1 Å². The summed E-state index contributed by atoms with van der Waals surface area (Å²) in [6, 6.07) is 11.9. The monoisotopic (exact) mass is 427 g/mol. The summed E-state index contributed by atoms with van der Waals surface area (Å²) in [6.45, 7) is 1.98. The lowest BCUT2D eigenvalue weighted by molar-refractivity contribution is -0.116. The zero-order valence-corrected chi connectivity index (χ0v) is 16.2. The summed E-state index contributed by atoms with van der Waals surface area (Å²) < 4.78 is 2.76. The first-order valence-electron chi connectivity index (χ1n) is 8.20. The maximum atomic E-state index is 12.4. The molecule has 1 aliphatic rings. The molecule has 130 valence electrons. The molecule has 26 heavy (non-hydrogen) atoms. The number of rotatable bonds is 2. The minimum Gasteiger partial charge on any atom is -0.322 e. The van der Waals surface area contributed by atoms with Crippen molar-refractivity contribution in [2.45, 2.75) is 19.3 Å². The number of anilines is 1. The van der Waals surface area contributed by atoms with Crippen LogP contribution < -0.4 is 5.32 Å². The summed E-state index contributed by atoms with van der Waals surface area (Å²) in [7, 11) is 0. The van der Waals surface area contributed by atoms with Crippen molar-refractivity contribution in [2.24, 2.45) is 0 Å². The number of fused-ring (bicyclic) bond motifs is 2. The molecule has 0 fully saturated rings. The van der Waals surface area contributed by atoms with Crippen molar-refractivity contribution in [2.75, 3.05) is 5.32 Å². The zero-order chi connectivity index (χ0) is 17.8. The van der Waals surface area contributed by atoms with Gasteiger partial charge in [0.15, 0.2) is 0 Å². The van der Waals surface area contributed by atoms with E-state index in [0.717, 1.165) is 31.0 Å². The smallest absolute Gasteiger partial charge is 0.231 e. The van der Waals surface area contributed by atoms with Crippen LogP contribution in [0.5, 0.6) is 0 Å². The summed E-state index contributed by atoms with van der Waals surface area (Å²) in [4.78, 5) is 21.4. The SMILES string of the molecule is Cc1nn(-c2nc3ccccc3[nH]2)c2c1[C@@H](c1ccc(Br)s1)CC(=O)N2. The van der Waals surface area contributed by atoms with Crippen LogP contribution in [0.4, 0.5) is 5.82 Å². The standard InChI is InChI=1S/C18H14BrN5OS/c1-9-16-10(13-6-7-14(19)26-13)8-15(25)22-17(16)24(23-9)18-20-11-4-2-3-5-12(11)21-18/h2-7,10H,8H2,1H3,(H,20,21)(H,22,25)/t10-/m1/s1. The van der Waals surface area contributed by atoms with Gasteiger partial charge in [-0.2, -0.15) is 9.78 Å². The summed E-state index contributed by atoms with van der Waals surface area (Å²) >= 11 is 5.17. The number of aryl methyl sites for hydroxylation is 1. The number of thiophene rings is 1. The van der Waals surface area contributed by atoms with E-state index < -0.39 is 0 Å².